The van der Waals surface area contributed by atoms with Gasteiger partial charge in [-0.15, -0.1) is 24.0 Å². The minimum absolute atomic E-state index is 0.138. The monoisotopic (exact) mass is 473 g/mol. The number of ketones is 1. The highest BCUT2D eigenvalue weighted by molar-refractivity contribution is 9.10. The summed E-state index contributed by atoms with van der Waals surface area (Å²) in [5, 5.41) is 0.604. The molecule has 0 aliphatic rings. The van der Waals surface area contributed by atoms with Crippen molar-refractivity contribution in [2.45, 2.75) is 18.1 Å². The van der Waals surface area contributed by atoms with Gasteiger partial charge in [0.1, 0.15) is 0 Å². The Hall–Kier alpha value is -2.09. The van der Waals surface area contributed by atoms with Crippen LogP contribution in [0.2, 0.25) is 0 Å². The zero-order valence-corrected chi connectivity index (χ0v) is 18.5. The molecule has 0 amide bonds. The Bertz CT molecular complexity index is 1240. The summed E-state index contributed by atoms with van der Waals surface area (Å²) >= 11 is 9.29. The lowest BCUT2D eigenvalue weighted by Crippen LogP contribution is -2.06. The number of rotatable bonds is 4. The van der Waals surface area contributed by atoms with E-state index in [4.69, 9.17) is 4.74 Å². The first-order chi connectivity index (χ1) is 13.4. The number of thiol groups is 1. The predicted molar refractivity (Wildman–Crippen MR) is 118 cm³/mol. The summed E-state index contributed by atoms with van der Waals surface area (Å²) in [4.78, 5) is 26.6. The molecule has 142 valence electrons. The number of aryl methyl sites for hydroxylation is 1. The van der Waals surface area contributed by atoms with Crippen molar-refractivity contribution in [2.75, 3.05) is 6.61 Å². The summed E-state index contributed by atoms with van der Waals surface area (Å²) in [6, 6.07) is 11.1. The molecule has 4 rings (SSSR count). The maximum atomic E-state index is 13.3. The Balaban J connectivity index is 2.05. The van der Waals surface area contributed by atoms with Crippen molar-refractivity contribution >= 4 is 68.1 Å². The van der Waals surface area contributed by atoms with Crippen LogP contribution >= 0.6 is 39.9 Å². The molecule has 0 spiro atoms. The van der Waals surface area contributed by atoms with E-state index in [-0.39, 0.29) is 12.4 Å². The number of pyridine rings is 1. The number of hydrogen-bond donors (Lipinski definition) is 1. The molecule has 28 heavy (non-hydrogen) atoms. The minimum atomic E-state index is -0.434. The summed E-state index contributed by atoms with van der Waals surface area (Å²) in [7, 11) is 0. The maximum Gasteiger partial charge on any atom is 0.341 e. The lowest BCUT2D eigenvalue weighted by molar-refractivity contribution is 0.0531. The molecule has 0 fully saturated rings. The van der Waals surface area contributed by atoms with Crippen LogP contribution in [0.3, 0.4) is 0 Å². The summed E-state index contributed by atoms with van der Waals surface area (Å²) < 4.78 is 8.81. The van der Waals surface area contributed by atoms with E-state index in [2.05, 4.69) is 28.6 Å². The number of fused-ring (bicyclic) bond motifs is 3. The van der Waals surface area contributed by atoms with Crippen molar-refractivity contribution in [1.29, 1.82) is 0 Å². The number of hydrogen-bond acceptors (Lipinski definition) is 5. The Labute approximate surface area is 179 Å². The van der Waals surface area contributed by atoms with Gasteiger partial charge < -0.3 is 9.14 Å². The highest BCUT2D eigenvalue weighted by Crippen LogP contribution is 2.41. The van der Waals surface area contributed by atoms with E-state index in [0.717, 1.165) is 21.1 Å². The number of aromatic nitrogens is 1. The van der Waals surface area contributed by atoms with Crippen molar-refractivity contribution in [3.05, 3.63) is 68.6 Å². The lowest BCUT2D eigenvalue weighted by atomic mass is 10.1. The van der Waals surface area contributed by atoms with Crippen molar-refractivity contribution in [2.24, 2.45) is 0 Å². The van der Waals surface area contributed by atoms with Gasteiger partial charge >= 0.3 is 5.97 Å². The van der Waals surface area contributed by atoms with Crippen molar-refractivity contribution in [3.8, 4) is 0 Å². The summed E-state index contributed by atoms with van der Waals surface area (Å²) in [5.74, 6) is -0.572. The van der Waals surface area contributed by atoms with Gasteiger partial charge in [0.25, 0.3) is 0 Å². The van der Waals surface area contributed by atoms with Crippen LogP contribution in [0.4, 0.5) is 0 Å². The number of carbonyl (C=O) groups is 2. The average molecular weight is 474 g/mol. The van der Waals surface area contributed by atoms with Gasteiger partial charge in [-0.05, 0) is 55.8 Å². The quantitative estimate of drug-likeness (QED) is 0.227. The van der Waals surface area contributed by atoms with E-state index < -0.39 is 5.97 Å². The predicted octanol–water partition coefficient (Wildman–Crippen LogP) is 5.92. The standard InChI is InChI=1S/C21H16BrNO3S2/c1-3-26-20(25)15-14-10-11(2)8-9-23(14)17-16(15)19(28-21(17)27)18(24)12-4-6-13(22)7-5-12/h4-10,27H,3H2,1-2H3. The number of thiophene rings is 1. The molecule has 7 heteroatoms. The normalized spacial score (nSPS) is 11.3. The van der Waals surface area contributed by atoms with Gasteiger partial charge in [0, 0.05) is 21.6 Å². The zero-order valence-electron chi connectivity index (χ0n) is 15.2. The first kappa shape index (κ1) is 19.2. The van der Waals surface area contributed by atoms with Gasteiger partial charge in [-0.1, -0.05) is 15.9 Å². The van der Waals surface area contributed by atoms with Gasteiger partial charge in [-0.3, -0.25) is 4.79 Å². The molecule has 0 unspecified atom stereocenters. The molecule has 3 aromatic heterocycles. The number of esters is 1. The molecule has 0 saturated carbocycles. The molecular weight excluding hydrogens is 458 g/mol. The van der Waals surface area contributed by atoms with Crippen LogP contribution in [0.15, 0.2) is 51.3 Å². The molecule has 0 saturated heterocycles. The molecule has 1 aromatic carbocycles. The molecule has 4 nitrogen and oxygen atoms in total. The topological polar surface area (TPSA) is 47.8 Å². The first-order valence-electron chi connectivity index (χ1n) is 8.66. The molecule has 4 aromatic rings. The number of halogens is 1. The average Bonchev–Trinajstić information content (AvgIpc) is 3.17. The molecule has 0 aliphatic carbocycles. The van der Waals surface area contributed by atoms with Gasteiger partial charge in [0.05, 0.1) is 32.3 Å². The van der Waals surface area contributed by atoms with Gasteiger partial charge in [-0.25, -0.2) is 4.79 Å². The van der Waals surface area contributed by atoms with Crippen LogP contribution in [0.5, 0.6) is 0 Å². The zero-order chi connectivity index (χ0) is 20.0. The lowest BCUT2D eigenvalue weighted by Gasteiger charge is -2.04. The Morgan fingerprint density at radius 1 is 1.21 bits per heavy atom. The van der Waals surface area contributed by atoms with E-state index >= 15 is 0 Å². The van der Waals surface area contributed by atoms with Gasteiger partial charge in [0.15, 0.2) is 0 Å². The second kappa shape index (κ2) is 7.39. The molecular formula is C21H16BrNO3S2. The van der Waals surface area contributed by atoms with E-state index in [1.807, 2.05) is 41.8 Å². The van der Waals surface area contributed by atoms with Gasteiger partial charge in [-0.2, -0.15) is 0 Å². The number of benzene rings is 1. The molecule has 0 bridgehead atoms. The highest BCUT2D eigenvalue weighted by Gasteiger charge is 2.28. The number of ether oxygens (including phenoxy) is 1. The van der Waals surface area contributed by atoms with Crippen molar-refractivity contribution in [1.82, 2.24) is 4.40 Å². The molecule has 0 atom stereocenters. The summed E-state index contributed by atoms with van der Waals surface area (Å²) in [6.45, 7) is 3.99. The van der Waals surface area contributed by atoms with E-state index in [0.29, 0.717) is 25.6 Å². The van der Waals surface area contributed by atoms with Crippen LogP contribution in [0, 0.1) is 6.92 Å². The maximum absolute atomic E-state index is 13.3. The van der Waals surface area contributed by atoms with Crippen LogP contribution in [-0.4, -0.2) is 22.8 Å². The fraction of sp³-hybridized carbons (Fsp3) is 0.143. The molecule has 0 aliphatic heterocycles. The number of nitrogens with zero attached hydrogens (tertiary/aromatic N) is 1. The highest BCUT2D eigenvalue weighted by atomic mass is 79.9. The van der Waals surface area contributed by atoms with E-state index in [1.165, 1.54) is 11.3 Å². The van der Waals surface area contributed by atoms with Crippen LogP contribution in [-0.2, 0) is 4.74 Å². The fourth-order valence-electron chi connectivity index (χ4n) is 3.29. The third kappa shape index (κ3) is 3.07. The Kier molecular flexibility index (Phi) is 5.07. The first-order valence-corrected chi connectivity index (χ1v) is 10.7. The van der Waals surface area contributed by atoms with Gasteiger partial charge in [0.2, 0.25) is 5.78 Å². The third-order valence-corrected chi connectivity index (χ3v) is 6.51. The second-order valence-corrected chi connectivity index (χ2v) is 9.04. The van der Waals surface area contributed by atoms with Crippen LogP contribution < -0.4 is 0 Å². The summed E-state index contributed by atoms with van der Waals surface area (Å²) in [5.41, 5.74) is 3.46. The van der Waals surface area contributed by atoms with E-state index in [1.54, 1.807) is 19.1 Å². The Morgan fingerprint density at radius 2 is 1.93 bits per heavy atom. The second-order valence-electron chi connectivity index (χ2n) is 6.35. The molecule has 0 N–H and O–H groups in total. The van der Waals surface area contributed by atoms with Crippen LogP contribution in [0.1, 0.15) is 38.1 Å². The third-order valence-electron chi connectivity index (χ3n) is 4.51. The SMILES string of the molecule is CCOC(=O)c1c2c(C(=O)c3ccc(Br)cc3)sc(S)c2n2ccc(C)cc12. The van der Waals surface area contributed by atoms with Crippen LogP contribution in [0.25, 0.3) is 16.4 Å². The molecule has 3 heterocycles. The molecule has 0 radical (unpaired) electrons. The largest absolute Gasteiger partial charge is 0.462 e. The fourth-order valence-corrected chi connectivity index (χ4v) is 5.05. The number of carbonyl (C=O) groups excluding carboxylic acids is 2. The van der Waals surface area contributed by atoms with Crippen molar-refractivity contribution in [3.63, 3.8) is 0 Å². The Morgan fingerprint density at radius 3 is 2.61 bits per heavy atom. The van der Waals surface area contributed by atoms with Crippen molar-refractivity contribution < 1.29 is 14.3 Å². The summed E-state index contributed by atoms with van der Waals surface area (Å²) in [6.07, 6.45) is 1.90. The van der Waals surface area contributed by atoms with E-state index in [9.17, 15) is 9.59 Å². The minimum Gasteiger partial charge on any atom is -0.462 e. The smallest absolute Gasteiger partial charge is 0.341 e.